The molecule has 7 heteroatoms. The zero-order valence-electron chi connectivity index (χ0n) is 10.6. The molecule has 1 amide bonds. The SMILES string of the molecule is CC(C(=O)Nc1ccc(O)cc1C(=O)O)n1cccn1. The number of hydrogen-bond donors (Lipinski definition) is 3. The van der Waals surface area contributed by atoms with Crippen molar-refractivity contribution < 1.29 is 19.8 Å². The third kappa shape index (κ3) is 2.77. The van der Waals surface area contributed by atoms with Crippen LogP contribution in [0.15, 0.2) is 36.7 Å². The van der Waals surface area contributed by atoms with Crippen LogP contribution in [0.5, 0.6) is 5.75 Å². The molecule has 20 heavy (non-hydrogen) atoms. The van der Waals surface area contributed by atoms with Crippen molar-refractivity contribution in [1.29, 1.82) is 0 Å². The van der Waals surface area contributed by atoms with Crippen LogP contribution in [0.1, 0.15) is 23.3 Å². The van der Waals surface area contributed by atoms with Crippen molar-refractivity contribution in [3.05, 3.63) is 42.2 Å². The average Bonchev–Trinajstić information content (AvgIpc) is 2.93. The fraction of sp³-hybridized carbons (Fsp3) is 0.154. The number of phenolic OH excluding ortho intramolecular Hbond substituents is 1. The largest absolute Gasteiger partial charge is 0.508 e. The number of hydrogen-bond acceptors (Lipinski definition) is 4. The zero-order valence-corrected chi connectivity index (χ0v) is 10.6. The second kappa shape index (κ2) is 5.43. The van der Waals surface area contributed by atoms with Crippen molar-refractivity contribution in [1.82, 2.24) is 9.78 Å². The highest BCUT2D eigenvalue weighted by atomic mass is 16.4. The normalized spacial score (nSPS) is 11.8. The maximum absolute atomic E-state index is 12.0. The Balaban J connectivity index is 2.22. The molecular formula is C13H13N3O4. The molecule has 0 aliphatic heterocycles. The Bertz CT molecular complexity index is 637. The van der Waals surface area contributed by atoms with Gasteiger partial charge < -0.3 is 15.5 Å². The van der Waals surface area contributed by atoms with Crippen LogP contribution in [0.2, 0.25) is 0 Å². The number of phenols is 1. The Morgan fingerprint density at radius 3 is 2.75 bits per heavy atom. The number of carbonyl (C=O) groups is 2. The molecule has 0 radical (unpaired) electrons. The minimum absolute atomic E-state index is 0.124. The Morgan fingerprint density at radius 2 is 2.15 bits per heavy atom. The molecule has 1 atom stereocenters. The summed E-state index contributed by atoms with van der Waals surface area (Å²) >= 11 is 0. The van der Waals surface area contributed by atoms with Gasteiger partial charge in [-0.2, -0.15) is 5.10 Å². The van der Waals surface area contributed by atoms with Crippen molar-refractivity contribution in [2.75, 3.05) is 5.32 Å². The summed E-state index contributed by atoms with van der Waals surface area (Å²) in [7, 11) is 0. The molecule has 0 saturated heterocycles. The minimum atomic E-state index is -1.23. The summed E-state index contributed by atoms with van der Waals surface area (Å²) in [6, 6.07) is 4.83. The van der Waals surface area contributed by atoms with Crippen LogP contribution in [0.3, 0.4) is 0 Å². The third-order valence-electron chi connectivity index (χ3n) is 2.79. The van der Waals surface area contributed by atoms with Crippen LogP contribution in [0.25, 0.3) is 0 Å². The van der Waals surface area contributed by atoms with Crippen molar-refractivity contribution in [3.8, 4) is 5.75 Å². The van der Waals surface area contributed by atoms with Gasteiger partial charge in [0.15, 0.2) is 0 Å². The van der Waals surface area contributed by atoms with E-state index in [1.807, 2.05) is 0 Å². The van der Waals surface area contributed by atoms with Gasteiger partial charge in [-0.15, -0.1) is 0 Å². The lowest BCUT2D eigenvalue weighted by atomic mass is 10.1. The van der Waals surface area contributed by atoms with Crippen LogP contribution >= 0.6 is 0 Å². The molecule has 1 heterocycles. The molecule has 0 aliphatic rings. The number of rotatable bonds is 4. The summed E-state index contributed by atoms with van der Waals surface area (Å²) in [5.74, 6) is -1.81. The first-order chi connectivity index (χ1) is 9.49. The van der Waals surface area contributed by atoms with E-state index >= 15 is 0 Å². The van der Waals surface area contributed by atoms with E-state index in [0.717, 1.165) is 6.07 Å². The highest BCUT2D eigenvalue weighted by Gasteiger charge is 2.18. The number of carbonyl (C=O) groups excluding carboxylic acids is 1. The van der Waals surface area contributed by atoms with E-state index in [1.165, 1.54) is 16.8 Å². The van der Waals surface area contributed by atoms with Gasteiger partial charge in [0.2, 0.25) is 5.91 Å². The topological polar surface area (TPSA) is 104 Å². The van der Waals surface area contributed by atoms with Crippen molar-refractivity contribution in [2.45, 2.75) is 13.0 Å². The molecule has 0 saturated carbocycles. The number of benzene rings is 1. The van der Waals surface area contributed by atoms with Crippen molar-refractivity contribution in [2.24, 2.45) is 0 Å². The second-order valence-electron chi connectivity index (χ2n) is 4.19. The summed E-state index contributed by atoms with van der Waals surface area (Å²) in [5, 5.41) is 24.8. The summed E-state index contributed by atoms with van der Waals surface area (Å²) in [5.41, 5.74) is -0.0506. The lowest BCUT2D eigenvalue weighted by Gasteiger charge is -2.14. The van der Waals surface area contributed by atoms with Crippen LogP contribution in [-0.2, 0) is 4.79 Å². The zero-order chi connectivity index (χ0) is 14.7. The van der Waals surface area contributed by atoms with Crippen molar-refractivity contribution in [3.63, 3.8) is 0 Å². The minimum Gasteiger partial charge on any atom is -0.508 e. The lowest BCUT2D eigenvalue weighted by Crippen LogP contribution is -2.24. The van der Waals surface area contributed by atoms with Gasteiger partial charge in [-0.1, -0.05) is 0 Å². The summed E-state index contributed by atoms with van der Waals surface area (Å²) in [6.07, 6.45) is 3.19. The van der Waals surface area contributed by atoms with Gasteiger partial charge in [-0.25, -0.2) is 4.79 Å². The summed E-state index contributed by atoms with van der Waals surface area (Å²) < 4.78 is 1.45. The molecule has 0 aliphatic carbocycles. The number of carboxylic acids is 1. The van der Waals surface area contributed by atoms with E-state index in [2.05, 4.69) is 10.4 Å². The van der Waals surface area contributed by atoms with Gasteiger partial charge in [0.25, 0.3) is 0 Å². The fourth-order valence-corrected chi connectivity index (χ4v) is 1.69. The molecule has 3 N–H and O–H groups in total. The first kappa shape index (κ1) is 13.6. The Morgan fingerprint density at radius 1 is 1.40 bits per heavy atom. The summed E-state index contributed by atoms with van der Waals surface area (Å²) in [6.45, 7) is 1.64. The van der Waals surface area contributed by atoms with Gasteiger partial charge in [0, 0.05) is 12.4 Å². The molecule has 2 aromatic rings. The van der Waals surface area contributed by atoms with Gasteiger partial charge in [-0.3, -0.25) is 9.48 Å². The highest BCUT2D eigenvalue weighted by molar-refractivity contribution is 6.01. The first-order valence-electron chi connectivity index (χ1n) is 5.85. The lowest BCUT2D eigenvalue weighted by molar-refractivity contribution is -0.119. The number of nitrogens with zero attached hydrogens (tertiary/aromatic N) is 2. The Kier molecular flexibility index (Phi) is 3.69. The summed E-state index contributed by atoms with van der Waals surface area (Å²) in [4.78, 5) is 23.1. The third-order valence-corrected chi connectivity index (χ3v) is 2.79. The molecule has 104 valence electrons. The van der Waals surface area contributed by atoms with E-state index in [9.17, 15) is 14.7 Å². The quantitative estimate of drug-likeness (QED) is 0.733. The number of amides is 1. The van der Waals surface area contributed by atoms with E-state index in [0.29, 0.717) is 0 Å². The predicted molar refractivity (Wildman–Crippen MR) is 70.6 cm³/mol. The molecule has 1 aromatic heterocycles. The molecule has 0 spiro atoms. The smallest absolute Gasteiger partial charge is 0.337 e. The number of carboxylic acid groups (broad SMARTS) is 1. The predicted octanol–water partition coefficient (Wildman–Crippen LogP) is 1.49. The molecule has 0 bridgehead atoms. The molecular weight excluding hydrogens is 262 g/mol. The van der Waals surface area contributed by atoms with Gasteiger partial charge in [0.1, 0.15) is 11.8 Å². The average molecular weight is 275 g/mol. The standard InChI is InChI=1S/C13H13N3O4/c1-8(16-6-2-5-14-16)12(18)15-11-4-3-9(17)7-10(11)13(19)20/h2-8,17H,1H3,(H,15,18)(H,19,20). The Hall–Kier alpha value is -2.83. The van der Waals surface area contributed by atoms with Crippen molar-refractivity contribution >= 4 is 17.6 Å². The number of aromatic nitrogens is 2. The van der Waals surface area contributed by atoms with E-state index < -0.39 is 17.9 Å². The van der Waals surface area contributed by atoms with Gasteiger partial charge in [0.05, 0.1) is 11.3 Å². The molecule has 1 unspecified atom stereocenters. The monoisotopic (exact) mass is 275 g/mol. The maximum Gasteiger partial charge on any atom is 0.337 e. The van der Waals surface area contributed by atoms with Crippen LogP contribution in [0.4, 0.5) is 5.69 Å². The Labute approximate surface area is 114 Å². The van der Waals surface area contributed by atoms with Crippen LogP contribution in [-0.4, -0.2) is 31.9 Å². The van der Waals surface area contributed by atoms with E-state index in [1.54, 1.807) is 25.4 Å². The molecule has 0 fully saturated rings. The molecule has 7 nitrogen and oxygen atoms in total. The second-order valence-corrected chi connectivity index (χ2v) is 4.19. The molecule has 2 rings (SSSR count). The number of aromatic hydroxyl groups is 1. The number of anilines is 1. The highest BCUT2D eigenvalue weighted by Crippen LogP contribution is 2.22. The number of nitrogens with one attached hydrogen (secondary N) is 1. The van der Waals surface area contributed by atoms with E-state index in [4.69, 9.17) is 5.11 Å². The number of aromatic carboxylic acids is 1. The fourth-order valence-electron chi connectivity index (χ4n) is 1.69. The van der Waals surface area contributed by atoms with Crippen LogP contribution < -0.4 is 5.32 Å². The van der Waals surface area contributed by atoms with E-state index in [-0.39, 0.29) is 17.0 Å². The van der Waals surface area contributed by atoms with Crippen LogP contribution in [0, 0.1) is 0 Å². The first-order valence-corrected chi connectivity index (χ1v) is 5.85. The maximum atomic E-state index is 12.0. The van der Waals surface area contributed by atoms with Gasteiger partial charge in [-0.05, 0) is 31.2 Å². The molecule has 1 aromatic carbocycles. The van der Waals surface area contributed by atoms with Gasteiger partial charge >= 0.3 is 5.97 Å².